The number of esters is 1. The van der Waals surface area contributed by atoms with Crippen molar-refractivity contribution in [1.82, 2.24) is 10.6 Å². The molecule has 0 spiro atoms. The van der Waals surface area contributed by atoms with Gasteiger partial charge in [-0.15, -0.1) is 0 Å². The molecule has 6 nitrogen and oxygen atoms in total. The third kappa shape index (κ3) is 4.03. The molecule has 1 aromatic carbocycles. The maximum absolute atomic E-state index is 12.4. The number of allylic oxidation sites excluding steroid dienone is 1. The molecule has 0 bridgehead atoms. The lowest BCUT2D eigenvalue weighted by atomic mass is 9.95. The van der Waals surface area contributed by atoms with Gasteiger partial charge >= 0.3 is 12.0 Å². The average molecular weight is 318 g/mol. The maximum Gasteiger partial charge on any atom is 0.338 e. The van der Waals surface area contributed by atoms with Gasteiger partial charge in [0.2, 0.25) is 0 Å². The van der Waals surface area contributed by atoms with Crippen molar-refractivity contribution in [2.45, 2.75) is 39.8 Å². The van der Waals surface area contributed by atoms with Gasteiger partial charge in [-0.25, -0.2) is 9.59 Å². The van der Waals surface area contributed by atoms with Crippen LogP contribution in [0.5, 0.6) is 5.75 Å². The predicted molar refractivity (Wildman–Crippen MR) is 85.9 cm³/mol. The molecule has 6 heteroatoms. The van der Waals surface area contributed by atoms with Gasteiger partial charge in [0.1, 0.15) is 5.75 Å². The molecule has 0 radical (unpaired) electrons. The molecular weight excluding hydrogens is 296 g/mol. The quantitative estimate of drug-likeness (QED) is 0.818. The van der Waals surface area contributed by atoms with Crippen LogP contribution in [0.2, 0.25) is 0 Å². The smallest absolute Gasteiger partial charge is 0.338 e. The summed E-state index contributed by atoms with van der Waals surface area (Å²) >= 11 is 0. The Labute approximate surface area is 135 Å². The van der Waals surface area contributed by atoms with Crippen LogP contribution >= 0.6 is 0 Å². The lowest BCUT2D eigenvalue weighted by Gasteiger charge is -2.28. The third-order valence-electron chi connectivity index (χ3n) is 3.33. The number of ether oxygens (including phenoxy) is 2. The normalized spacial score (nSPS) is 17.6. The molecule has 2 amide bonds. The van der Waals surface area contributed by atoms with Crippen molar-refractivity contribution in [3.8, 4) is 5.75 Å². The standard InChI is InChI=1S/C17H22N2O4/c1-5-22-13-8-6-7-12(9-13)15-14(16(20)23-10(2)3)11(4)18-17(21)19-15/h6-10,15H,5H2,1-4H3,(H2,18,19,21)/t15-/m1/s1. The van der Waals surface area contributed by atoms with Gasteiger partial charge < -0.3 is 20.1 Å². The summed E-state index contributed by atoms with van der Waals surface area (Å²) in [6, 6.07) is 6.39. The fourth-order valence-electron chi connectivity index (χ4n) is 2.44. The summed E-state index contributed by atoms with van der Waals surface area (Å²) in [5.41, 5.74) is 1.65. The Balaban J connectivity index is 2.40. The van der Waals surface area contributed by atoms with Gasteiger partial charge in [-0.2, -0.15) is 0 Å². The van der Waals surface area contributed by atoms with Crippen LogP contribution in [0.25, 0.3) is 0 Å². The van der Waals surface area contributed by atoms with E-state index < -0.39 is 12.0 Å². The second-order valence-electron chi connectivity index (χ2n) is 5.53. The molecule has 1 aromatic rings. The summed E-state index contributed by atoms with van der Waals surface area (Å²) in [5, 5.41) is 5.39. The largest absolute Gasteiger partial charge is 0.494 e. The molecule has 124 valence electrons. The first-order chi connectivity index (χ1) is 10.9. The number of amides is 2. The number of carbonyl (C=O) groups is 2. The summed E-state index contributed by atoms with van der Waals surface area (Å²) in [5.74, 6) is 0.240. The van der Waals surface area contributed by atoms with E-state index in [1.165, 1.54) is 0 Å². The van der Waals surface area contributed by atoms with Crippen LogP contribution < -0.4 is 15.4 Å². The molecule has 0 aromatic heterocycles. The van der Waals surface area contributed by atoms with Crippen LogP contribution in [0, 0.1) is 0 Å². The SMILES string of the molecule is CCOc1cccc([C@H]2NC(=O)NC(C)=C2C(=O)OC(C)C)c1. The van der Waals surface area contributed by atoms with Crippen LogP contribution in [0.4, 0.5) is 4.79 Å². The van der Waals surface area contributed by atoms with Crippen LogP contribution in [0.3, 0.4) is 0 Å². The molecule has 0 saturated carbocycles. The van der Waals surface area contributed by atoms with Crippen LogP contribution in [-0.2, 0) is 9.53 Å². The monoisotopic (exact) mass is 318 g/mol. The van der Waals surface area contributed by atoms with E-state index in [4.69, 9.17) is 9.47 Å². The zero-order valence-corrected chi connectivity index (χ0v) is 13.8. The Hall–Kier alpha value is -2.50. The first kappa shape index (κ1) is 16.9. The molecule has 2 rings (SSSR count). The number of urea groups is 1. The van der Waals surface area contributed by atoms with Crippen LogP contribution in [0.15, 0.2) is 35.5 Å². The van der Waals surface area contributed by atoms with Gasteiger partial charge in [-0.05, 0) is 45.4 Å². The highest BCUT2D eigenvalue weighted by atomic mass is 16.5. The van der Waals surface area contributed by atoms with E-state index in [1.807, 2.05) is 31.2 Å². The second kappa shape index (κ2) is 7.17. The van der Waals surface area contributed by atoms with Crippen molar-refractivity contribution >= 4 is 12.0 Å². The van der Waals surface area contributed by atoms with Gasteiger partial charge in [-0.1, -0.05) is 12.1 Å². The topological polar surface area (TPSA) is 76.7 Å². The first-order valence-electron chi connectivity index (χ1n) is 7.64. The van der Waals surface area contributed by atoms with Crippen molar-refractivity contribution in [3.05, 3.63) is 41.1 Å². The minimum atomic E-state index is -0.574. The first-order valence-corrected chi connectivity index (χ1v) is 7.64. The van der Waals surface area contributed by atoms with E-state index >= 15 is 0 Å². The number of nitrogens with one attached hydrogen (secondary N) is 2. The Morgan fingerprint density at radius 3 is 2.74 bits per heavy atom. The lowest BCUT2D eigenvalue weighted by Crippen LogP contribution is -2.45. The third-order valence-corrected chi connectivity index (χ3v) is 3.33. The minimum absolute atomic E-state index is 0.240. The van der Waals surface area contributed by atoms with Crippen molar-refractivity contribution in [3.63, 3.8) is 0 Å². The highest BCUT2D eigenvalue weighted by molar-refractivity contribution is 5.95. The summed E-state index contributed by atoms with van der Waals surface area (Å²) in [4.78, 5) is 24.2. The number of benzene rings is 1. The Morgan fingerprint density at radius 2 is 2.09 bits per heavy atom. The molecule has 1 heterocycles. The second-order valence-corrected chi connectivity index (χ2v) is 5.53. The zero-order chi connectivity index (χ0) is 17.0. The van der Waals surface area contributed by atoms with E-state index in [0.29, 0.717) is 23.6 Å². The molecule has 23 heavy (non-hydrogen) atoms. The summed E-state index contributed by atoms with van der Waals surface area (Å²) < 4.78 is 10.8. The van der Waals surface area contributed by atoms with Crippen molar-refractivity contribution in [2.75, 3.05) is 6.61 Å². The fourth-order valence-corrected chi connectivity index (χ4v) is 2.44. The summed E-state index contributed by atoms with van der Waals surface area (Å²) in [6.45, 7) is 7.70. The Morgan fingerprint density at radius 1 is 1.35 bits per heavy atom. The lowest BCUT2D eigenvalue weighted by molar-refractivity contribution is -0.143. The van der Waals surface area contributed by atoms with E-state index in [-0.39, 0.29) is 12.1 Å². The number of hydrogen-bond acceptors (Lipinski definition) is 4. The van der Waals surface area contributed by atoms with Gasteiger partial charge in [0.25, 0.3) is 0 Å². The van der Waals surface area contributed by atoms with Crippen molar-refractivity contribution in [2.24, 2.45) is 0 Å². The summed E-state index contributed by atoms with van der Waals surface area (Å²) in [7, 11) is 0. The molecule has 1 aliphatic heterocycles. The molecule has 0 fully saturated rings. The van der Waals surface area contributed by atoms with Gasteiger partial charge in [0.05, 0.1) is 24.3 Å². The molecule has 1 aliphatic rings. The molecular formula is C17H22N2O4. The molecule has 1 atom stereocenters. The minimum Gasteiger partial charge on any atom is -0.494 e. The fraction of sp³-hybridized carbons (Fsp3) is 0.412. The summed E-state index contributed by atoms with van der Waals surface area (Å²) in [6.07, 6.45) is -0.240. The van der Waals surface area contributed by atoms with Gasteiger partial charge in [0, 0.05) is 5.70 Å². The van der Waals surface area contributed by atoms with Crippen LogP contribution in [-0.4, -0.2) is 24.7 Å². The molecule has 2 N–H and O–H groups in total. The highest BCUT2D eigenvalue weighted by Crippen LogP contribution is 2.29. The number of hydrogen-bond donors (Lipinski definition) is 2. The number of carbonyl (C=O) groups excluding carboxylic acids is 2. The molecule has 0 unspecified atom stereocenters. The predicted octanol–water partition coefficient (Wildman–Crippen LogP) is 2.66. The highest BCUT2D eigenvalue weighted by Gasteiger charge is 2.32. The molecule has 0 saturated heterocycles. The number of rotatable bonds is 5. The van der Waals surface area contributed by atoms with E-state index in [9.17, 15) is 9.59 Å². The maximum atomic E-state index is 12.4. The van der Waals surface area contributed by atoms with Gasteiger partial charge in [0.15, 0.2) is 0 Å². The van der Waals surface area contributed by atoms with Crippen molar-refractivity contribution < 1.29 is 19.1 Å². The Kier molecular flexibility index (Phi) is 5.26. The molecule has 0 aliphatic carbocycles. The zero-order valence-electron chi connectivity index (χ0n) is 13.8. The Bertz CT molecular complexity index is 637. The van der Waals surface area contributed by atoms with E-state index in [2.05, 4.69) is 10.6 Å². The van der Waals surface area contributed by atoms with Crippen molar-refractivity contribution in [1.29, 1.82) is 0 Å². The van der Waals surface area contributed by atoms with E-state index in [0.717, 1.165) is 5.56 Å². The van der Waals surface area contributed by atoms with Gasteiger partial charge in [-0.3, -0.25) is 0 Å². The van der Waals surface area contributed by atoms with E-state index in [1.54, 1.807) is 20.8 Å². The average Bonchev–Trinajstić information content (AvgIpc) is 2.46. The van der Waals surface area contributed by atoms with Crippen LogP contribution in [0.1, 0.15) is 39.3 Å².